The highest BCUT2D eigenvalue weighted by atomic mass is 79.9. The molecule has 0 radical (unpaired) electrons. The lowest BCUT2D eigenvalue weighted by atomic mass is 10.1. The molecule has 0 saturated heterocycles. The molecular formula is C12H17BrN2O2S. The van der Waals surface area contributed by atoms with Crippen molar-refractivity contribution in [3.8, 4) is 0 Å². The molecule has 0 bridgehead atoms. The average Bonchev–Trinajstić information content (AvgIpc) is 2.27. The first-order valence-electron chi connectivity index (χ1n) is 5.56. The van der Waals surface area contributed by atoms with Crippen LogP contribution in [0.4, 0.5) is 0 Å². The normalized spacial score (nSPS) is 15.2. The van der Waals surface area contributed by atoms with E-state index in [-0.39, 0.29) is 17.2 Å². The molecule has 4 nitrogen and oxygen atoms in total. The minimum Gasteiger partial charge on any atom is -0.598 e. The van der Waals surface area contributed by atoms with Crippen molar-refractivity contribution in [3.05, 3.63) is 28.5 Å². The van der Waals surface area contributed by atoms with E-state index in [0.717, 1.165) is 16.3 Å². The summed E-state index contributed by atoms with van der Waals surface area (Å²) in [4.78, 5) is 14.8. The highest BCUT2D eigenvalue weighted by Gasteiger charge is 2.29. The molecule has 1 rings (SSSR count). The number of hydrogen-bond donors (Lipinski definition) is 1. The molecule has 0 fully saturated rings. The molecule has 1 N–H and O–H groups in total. The summed E-state index contributed by atoms with van der Waals surface area (Å²) in [7, 11) is 0. The van der Waals surface area contributed by atoms with Crippen molar-refractivity contribution in [3.63, 3.8) is 0 Å². The van der Waals surface area contributed by atoms with E-state index < -0.39 is 11.4 Å². The van der Waals surface area contributed by atoms with E-state index in [1.165, 1.54) is 0 Å². The highest BCUT2D eigenvalue weighted by molar-refractivity contribution is 9.10. The Bertz CT molecular complexity index is 409. The van der Waals surface area contributed by atoms with E-state index in [4.69, 9.17) is 0 Å². The van der Waals surface area contributed by atoms with Crippen LogP contribution in [-0.2, 0) is 16.2 Å². The molecule has 6 heteroatoms. The fourth-order valence-corrected chi connectivity index (χ4v) is 2.50. The molecule has 18 heavy (non-hydrogen) atoms. The fraction of sp³-hybridized carbons (Fsp3) is 0.500. The zero-order valence-electron chi connectivity index (χ0n) is 10.6. The number of hydrogen-bond acceptors (Lipinski definition) is 4. The number of carbonyl (C=O) groups excluding carboxylic acids is 1. The predicted octanol–water partition coefficient (Wildman–Crippen LogP) is 2.53. The Balaban J connectivity index is 2.86. The molecule has 0 amide bonds. The largest absolute Gasteiger partial charge is 0.598 e. The van der Waals surface area contributed by atoms with Gasteiger partial charge in [0.2, 0.25) is 0 Å². The van der Waals surface area contributed by atoms with Gasteiger partial charge in [0.05, 0.1) is 6.04 Å². The van der Waals surface area contributed by atoms with Crippen molar-refractivity contribution in [2.24, 2.45) is 0 Å². The lowest BCUT2D eigenvalue weighted by Crippen LogP contribution is -2.41. The summed E-state index contributed by atoms with van der Waals surface area (Å²) < 4.78 is 15.5. The van der Waals surface area contributed by atoms with Gasteiger partial charge in [-0.1, -0.05) is 0 Å². The lowest BCUT2D eigenvalue weighted by molar-refractivity contribution is -0.108. The minimum atomic E-state index is -1.23. The number of carbonyl (C=O) groups is 1. The van der Waals surface area contributed by atoms with E-state index in [2.05, 4.69) is 25.6 Å². The summed E-state index contributed by atoms with van der Waals surface area (Å²) in [5.74, 6) is 0. The SMILES string of the molecule is CC(C)(C)[S+]([O-])N[C@H](CC=O)c1cncc(Br)c1. The number of nitrogens with one attached hydrogen (secondary N) is 1. The van der Waals surface area contributed by atoms with E-state index in [1.54, 1.807) is 12.4 Å². The fourth-order valence-electron chi connectivity index (χ4n) is 1.27. The monoisotopic (exact) mass is 332 g/mol. The van der Waals surface area contributed by atoms with Crippen molar-refractivity contribution in [1.29, 1.82) is 0 Å². The van der Waals surface area contributed by atoms with Crippen LogP contribution in [0.25, 0.3) is 0 Å². The minimum absolute atomic E-state index is 0.264. The summed E-state index contributed by atoms with van der Waals surface area (Å²) in [5, 5.41) is 0. The standard InChI is InChI=1S/C12H17BrN2O2S/c1-12(2,3)18(17)15-11(4-5-16)9-6-10(13)8-14-7-9/h5-8,11,15H,4H2,1-3H3/t11-,18?/m1/s1. The third-order valence-electron chi connectivity index (χ3n) is 2.27. The zero-order valence-corrected chi connectivity index (χ0v) is 13.0. The molecule has 1 aromatic rings. The molecule has 0 aromatic carbocycles. The lowest BCUT2D eigenvalue weighted by Gasteiger charge is -2.27. The molecule has 1 heterocycles. The van der Waals surface area contributed by atoms with Crippen molar-refractivity contribution >= 4 is 33.6 Å². The Morgan fingerprint density at radius 3 is 2.72 bits per heavy atom. The Kier molecular flexibility index (Phi) is 5.78. The summed E-state index contributed by atoms with van der Waals surface area (Å²) in [5.41, 5.74) is 0.842. The van der Waals surface area contributed by atoms with Gasteiger partial charge in [0.15, 0.2) is 0 Å². The van der Waals surface area contributed by atoms with E-state index in [1.807, 2.05) is 26.8 Å². The molecule has 0 spiro atoms. The Morgan fingerprint density at radius 1 is 1.56 bits per heavy atom. The van der Waals surface area contributed by atoms with Crippen molar-refractivity contribution in [2.45, 2.75) is 38.0 Å². The summed E-state index contributed by atoms with van der Waals surface area (Å²) >= 11 is 2.10. The van der Waals surface area contributed by atoms with E-state index in [9.17, 15) is 9.35 Å². The zero-order chi connectivity index (χ0) is 13.8. The number of nitrogens with zero attached hydrogens (tertiary/aromatic N) is 1. The second kappa shape index (κ2) is 6.65. The highest BCUT2D eigenvalue weighted by Crippen LogP contribution is 2.23. The first-order valence-corrected chi connectivity index (χ1v) is 7.51. The van der Waals surface area contributed by atoms with Gasteiger partial charge in [-0.15, -0.1) is 4.72 Å². The molecule has 0 saturated carbocycles. The predicted molar refractivity (Wildman–Crippen MR) is 76.4 cm³/mol. The Labute approximate surface area is 119 Å². The third-order valence-corrected chi connectivity index (χ3v) is 4.31. The van der Waals surface area contributed by atoms with Crippen LogP contribution in [0.1, 0.15) is 38.8 Å². The van der Waals surface area contributed by atoms with Gasteiger partial charge in [0.1, 0.15) is 11.0 Å². The molecule has 1 aromatic heterocycles. The summed E-state index contributed by atoms with van der Waals surface area (Å²) in [6, 6.07) is 1.58. The average molecular weight is 333 g/mol. The quantitative estimate of drug-likeness (QED) is 0.664. The molecule has 0 aliphatic carbocycles. The maximum Gasteiger partial charge on any atom is 0.136 e. The smallest absolute Gasteiger partial charge is 0.136 e. The maximum atomic E-state index is 12.1. The van der Waals surface area contributed by atoms with Gasteiger partial charge < -0.3 is 9.35 Å². The molecular weight excluding hydrogens is 316 g/mol. The number of pyridine rings is 1. The van der Waals surface area contributed by atoms with Crippen LogP contribution in [-0.4, -0.2) is 20.6 Å². The molecule has 0 aliphatic rings. The third kappa shape index (κ3) is 4.68. The van der Waals surface area contributed by atoms with Crippen LogP contribution in [0, 0.1) is 0 Å². The van der Waals surface area contributed by atoms with Crippen LogP contribution >= 0.6 is 15.9 Å². The van der Waals surface area contributed by atoms with Crippen LogP contribution in [0.15, 0.2) is 22.9 Å². The summed E-state index contributed by atoms with van der Waals surface area (Å²) in [6.07, 6.45) is 4.42. The summed E-state index contributed by atoms with van der Waals surface area (Å²) in [6.45, 7) is 5.65. The van der Waals surface area contributed by atoms with Crippen molar-refractivity contribution in [2.75, 3.05) is 0 Å². The molecule has 1 unspecified atom stereocenters. The molecule has 0 aliphatic heterocycles. The van der Waals surface area contributed by atoms with E-state index in [0.29, 0.717) is 0 Å². The van der Waals surface area contributed by atoms with Gasteiger partial charge in [-0.05, 0) is 48.3 Å². The van der Waals surface area contributed by atoms with Crippen LogP contribution in [0.5, 0.6) is 0 Å². The first-order chi connectivity index (χ1) is 8.34. The van der Waals surface area contributed by atoms with Gasteiger partial charge in [-0.25, -0.2) is 0 Å². The number of aldehydes is 1. The first kappa shape index (κ1) is 15.6. The topological polar surface area (TPSA) is 65.0 Å². The van der Waals surface area contributed by atoms with Crippen LogP contribution < -0.4 is 4.72 Å². The number of rotatable bonds is 5. The van der Waals surface area contributed by atoms with Crippen LogP contribution in [0.3, 0.4) is 0 Å². The van der Waals surface area contributed by atoms with Crippen molar-refractivity contribution < 1.29 is 9.35 Å². The van der Waals surface area contributed by atoms with E-state index >= 15 is 0 Å². The second-order valence-electron chi connectivity index (χ2n) is 4.89. The number of halogens is 1. The van der Waals surface area contributed by atoms with Gasteiger partial charge in [0.25, 0.3) is 0 Å². The van der Waals surface area contributed by atoms with Crippen LogP contribution in [0.2, 0.25) is 0 Å². The van der Waals surface area contributed by atoms with Gasteiger partial charge in [0, 0.05) is 34.6 Å². The van der Waals surface area contributed by atoms with Gasteiger partial charge in [-0.3, -0.25) is 4.98 Å². The number of aromatic nitrogens is 1. The molecule has 2 atom stereocenters. The van der Waals surface area contributed by atoms with Gasteiger partial charge in [-0.2, -0.15) is 0 Å². The van der Waals surface area contributed by atoms with Crippen molar-refractivity contribution in [1.82, 2.24) is 9.71 Å². The maximum absolute atomic E-state index is 12.1. The Morgan fingerprint density at radius 2 is 2.22 bits per heavy atom. The van der Waals surface area contributed by atoms with Gasteiger partial charge >= 0.3 is 0 Å². The Hall–Kier alpha value is -0.430. The molecule has 100 valence electrons. The second-order valence-corrected chi connectivity index (χ2v) is 7.80.